The maximum Gasteiger partial charge on any atom is 0.194 e. The van der Waals surface area contributed by atoms with Gasteiger partial charge in [-0.2, -0.15) is 0 Å². The maximum atomic E-state index is 6.56. The van der Waals surface area contributed by atoms with E-state index in [9.17, 15) is 0 Å². The number of hydrogen-bond donors (Lipinski definition) is 0. The van der Waals surface area contributed by atoms with E-state index in [1.807, 2.05) is 0 Å². The lowest BCUT2D eigenvalue weighted by atomic mass is 9.68. The molecule has 0 amide bonds. The van der Waals surface area contributed by atoms with Gasteiger partial charge in [0.15, 0.2) is 5.79 Å². The van der Waals surface area contributed by atoms with Gasteiger partial charge in [-0.15, -0.1) is 0 Å². The Hall–Kier alpha value is -1.16. The molecule has 3 aliphatic heterocycles. The highest BCUT2D eigenvalue weighted by Crippen LogP contribution is 2.65. The largest absolute Gasteiger partial charge is 0.351 e. The van der Waals surface area contributed by atoms with Crippen molar-refractivity contribution in [3.05, 3.63) is 47.0 Å². The average molecular weight is 270 g/mol. The van der Waals surface area contributed by atoms with Gasteiger partial charge < -0.3 is 14.2 Å². The Morgan fingerprint density at radius 2 is 1.75 bits per heavy atom. The van der Waals surface area contributed by atoms with Crippen molar-refractivity contribution >= 4 is 0 Å². The quantitative estimate of drug-likeness (QED) is 0.678. The molecule has 4 aliphatic rings. The Bertz CT molecular complexity index is 629. The lowest BCUT2D eigenvalue weighted by Gasteiger charge is -2.43. The van der Waals surface area contributed by atoms with Gasteiger partial charge in [0.2, 0.25) is 0 Å². The van der Waals surface area contributed by atoms with Crippen LogP contribution in [0, 0.1) is 0 Å². The van der Waals surface area contributed by atoms with E-state index in [2.05, 4.69) is 37.3 Å². The molecule has 5 rings (SSSR count). The fourth-order valence-electron chi connectivity index (χ4n) is 4.64. The molecular weight excluding hydrogens is 252 g/mol. The summed E-state index contributed by atoms with van der Waals surface area (Å²) in [6.45, 7) is 3.53. The molecule has 20 heavy (non-hydrogen) atoms. The molecule has 104 valence electrons. The first-order chi connectivity index (χ1) is 9.69. The zero-order valence-corrected chi connectivity index (χ0v) is 11.6. The standard InChI is InChI=1S/C17H18O3/c1-15-11-14-16(20-15,13-6-3-2-5-12(13)15)7-4-8-17(14)18-9-10-19-17/h2-3,5-6,11H,4,7-10H2,1H3. The van der Waals surface area contributed by atoms with Crippen molar-refractivity contribution in [2.24, 2.45) is 0 Å². The summed E-state index contributed by atoms with van der Waals surface area (Å²) >= 11 is 0. The van der Waals surface area contributed by atoms with Crippen molar-refractivity contribution in [3.63, 3.8) is 0 Å². The number of hydrogen-bond acceptors (Lipinski definition) is 3. The molecule has 0 radical (unpaired) electrons. The van der Waals surface area contributed by atoms with Crippen molar-refractivity contribution in [1.29, 1.82) is 0 Å². The number of fused-ring (bicyclic) bond motifs is 4. The van der Waals surface area contributed by atoms with Crippen LogP contribution in [-0.4, -0.2) is 19.0 Å². The van der Waals surface area contributed by atoms with Crippen LogP contribution in [0.25, 0.3) is 0 Å². The predicted octanol–water partition coefficient (Wildman–Crippen LogP) is 2.99. The highest BCUT2D eigenvalue weighted by atomic mass is 16.7. The fraction of sp³-hybridized carbons (Fsp3) is 0.529. The van der Waals surface area contributed by atoms with Crippen LogP contribution in [0.1, 0.15) is 37.3 Å². The smallest absolute Gasteiger partial charge is 0.194 e. The number of benzene rings is 1. The first kappa shape index (κ1) is 11.5. The Morgan fingerprint density at radius 3 is 2.55 bits per heavy atom. The molecule has 2 fully saturated rings. The van der Waals surface area contributed by atoms with Crippen molar-refractivity contribution in [3.8, 4) is 0 Å². The molecule has 3 nitrogen and oxygen atoms in total. The molecule has 2 bridgehead atoms. The molecule has 1 saturated carbocycles. The summed E-state index contributed by atoms with van der Waals surface area (Å²) in [6.07, 6.45) is 5.31. The normalized spacial score (nSPS) is 39.8. The van der Waals surface area contributed by atoms with Crippen LogP contribution in [0.5, 0.6) is 0 Å². The second-order valence-electron chi connectivity index (χ2n) is 6.44. The highest BCUT2D eigenvalue weighted by Gasteiger charge is 2.65. The maximum absolute atomic E-state index is 6.56. The van der Waals surface area contributed by atoms with Crippen molar-refractivity contribution in [2.75, 3.05) is 13.2 Å². The Morgan fingerprint density at radius 1 is 1.00 bits per heavy atom. The Labute approximate surface area is 118 Å². The Balaban J connectivity index is 1.76. The van der Waals surface area contributed by atoms with E-state index in [1.54, 1.807) is 0 Å². The van der Waals surface area contributed by atoms with Crippen LogP contribution in [0.15, 0.2) is 35.9 Å². The zero-order valence-electron chi connectivity index (χ0n) is 11.6. The number of ether oxygens (including phenoxy) is 3. The lowest BCUT2D eigenvalue weighted by molar-refractivity contribution is -0.178. The van der Waals surface area contributed by atoms with Gasteiger partial charge in [0.25, 0.3) is 0 Å². The van der Waals surface area contributed by atoms with Crippen molar-refractivity contribution in [1.82, 2.24) is 0 Å². The van der Waals surface area contributed by atoms with Crippen molar-refractivity contribution in [2.45, 2.75) is 43.2 Å². The monoisotopic (exact) mass is 270 g/mol. The molecule has 0 N–H and O–H groups in total. The second-order valence-corrected chi connectivity index (χ2v) is 6.44. The van der Waals surface area contributed by atoms with E-state index in [0.29, 0.717) is 13.2 Å². The van der Waals surface area contributed by atoms with E-state index < -0.39 is 5.79 Å². The zero-order chi connectivity index (χ0) is 13.4. The predicted molar refractivity (Wildman–Crippen MR) is 73.1 cm³/mol. The second kappa shape index (κ2) is 3.35. The third-order valence-electron chi connectivity index (χ3n) is 5.34. The van der Waals surface area contributed by atoms with E-state index in [-0.39, 0.29) is 11.2 Å². The summed E-state index contributed by atoms with van der Waals surface area (Å²) in [5.41, 5.74) is 3.21. The van der Waals surface area contributed by atoms with E-state index >= 15 is 0 Å². The first-order valence-corrected chi connectivity index (χ1v) is 7.51. The van der Waals surface area contributed by atoms with E-state index in [1.165, 1.54) is 16.7 Å². The average Bonchev–Trinajstić information content (AvgIpc) is 3.10. The Kier molecular flexibility index (Phi) is 1.93. The van der Waals surface area contributed by atoms with Crippen LogP contribution in [-0.2, 0) is 25.4 Å². The van der Waals surface area contributed by atoms with Gasteiger partial charge in [-0.05, 0) is 37.0 Å². The minimum absolute atomic E-state index is 0.312. The minimum Gasteiger partial charge on any atom is -0.351 e. The van der Waals surface area contributed by atoms with Crippen LogP contribution >= 0.6 is 0 Å². The van der Waals surface area contributed by atoms with Crippen LogP contribution in [0.3, 0.4) is 0 Å². The van der Waals surface area contributed by atoms with E-state index in [4.69, 9.17) is 14.2 Å². The summed E-state index contributed by atoms with van der Waals surface area (Å²) in [7, 11) is 0. The van der Waals surface area contributed by atoms with E-state index in [0.717, 1.165) is 19.3 Å². The molecule has 2 atom stereocenters. The van der Waals surface area contributed by atoms with Gasteiger partial charge in [0.1, 0.15) is 11.2 Å². The van der Waals surface area contributed by atoms with Gasteiger partial charge in [-0.25, -0.2) is 0 Å². The highest BCUT2D eigenvalue weighted by molar-refractivity contribution is 5.56. The lowest BCUT2D eigenvalue weighted by Crippen LogP contribution is -2.46. The molecule has 1 aromatic rings. The third-order valence-corrected chi connectivity index (χ3v) is 5.34. The molecule has 3 heterocycles. The van der Waals surface area contributed by atoms with Crippen LogP contribution in [0.2, 0.25) is 0 Å². The fourth-order valence-corrected chi connectivity index (χ4v) is 4.64. The first-order valence-electron chi connectivity index (χ1n) is 7.51. The molecule has 3 heteroatoms. The van der Waals surface area contributed by atoms with Crippen LogP contribution in [0.4, 0.5) is 0 Å². The molecule has 0 aromatic heterocycles. The summed E-state index contributed by atoms with van der Waals surface area (Å²) in [6, 6.07) is 8.60. The molecule has 1 aliphatic carbocycles. The SMILES string of the molecule is CC12C=C3C4(CCCC3(O1)c1ccccc12)OCCO4. The summed E-state index contributed by atoms with van der Waals surface area (Å²) < 4.78 is 18.6. The van der Waals surface area contributed by atoms with Gasteiger partial charge in [-0.1, -0.05) is 24.3 Å². The minimum atomic E-state index is -0.524. The topological polar surface area (TPSA) is 27.7 Å². The van der Waals surface area contributed by atoms with Gasteiger partial charge in [-0.3, -0.25) is 0 Å². The molecule has 2 unspecified atom stereocenters. The molecule has 1 aromatic carbocycles. The molecule has 1 saturated heterocycles. The van der Waals surface area contributed by atoms with Gasteiger partial charge in [0.05, 0.1) is 13.2 Å². The molecule has 2 spiro atoms. The van der Waals surface area contributed by atoms with Crippen LogP contribution < -0.4 is 0 Å². The van der Waals surface area contributed by atoms with Gasteiger partial charge >= 0.3 is 0 Å². The number of rotatable bonds is 0. The van der Waals surface area contributed by atoms with Crippen molar-refractivity contribution < 1.29 is 14.2 Å². The summed E-state index contributed by atoms with van der Waals surface area (Å²) in [5, 5.41) is 0. The molecular formula is C17H18O3. The van der Waals surface area contributed by atoms with Gasteiger partial charge in [0, 0.05) is 12.0 Å². The summed E-state index contributed by atoms with van der Waals surface area (Å²) in [4.78, 5) is 0. The summed E-state index contributed by atoms with van der Waals surface area (Å²) in [5.74, 6) is -0.524. The third kappa shape index (κ3) is 1.10.